The molecule has 0 fully saturated rings. The Bertz CT molecular complexity index is 3670. The van der Waals surface area contributed by atoms with Crippen LogP contribution in [0.15, 0.2) is 243 Å². The number of benzene rings is 10. The van der Waals surface area contributed by atoms with E-state index in [0.29, 0.717) is 5.82 Å². The smallest absolute Gasteiger partial charge is 0.160 e. The highest BCUT2D eigenvalue weighted by atomic mass is 15.1. The Balaban J connectivity index is 1.04. The number of hydrogen-bond donors (Lipinski definition) is 0. The first-order chi connectivity index (χ1) is 32.2. The summed E-state index contributed by atoms with van der Waals surface area (Å²) in [7, 11) is 0. The van der Waals surface area contributed by atoms with E-state index in [1.165, 1.54) is 27.1 Å². The minimum atomic E-state index is 0.662. The molecule has 0 aliphatic carbocycles. The van der Waals surface area contributed by atoms with Gasteiger partial charge in [-0.25, -0.2) is 15.0 Å². The van der Waals surface area contributed by atoms with Gasteiger partial charge < -0.3 is 0 Å². The van der Waals surface area contributed by atoms with E-state index in [4.69, 9.17) is 15.0 Å². The molecule has 0 saturated carbocycles. The van der Waals surface area contributed by atoms with Gasteiger partial charge in [-0.05, 0) is 110 Å². The van der Waals surface area contributed by atoms with Crippen LogP contribution in [0.4, 0.5) is 0 Å². The van der Waals surface area contributed by atoms with Crippen LogP contribution < -0.4 is 0 Å². The van der Waals surface area contributed by atoms with E-state index in [1.54, 1.807) is 0 Å². The van der Waals surface area contributed by atoms with Crippen LogP contribution in [-0.2, 0) is 0 Å². The maximum atomic E-state index is 5.37. The summed E-state index contributed by atoms with van der Waals surface area (Å²) in [6.45, 7) is 0. The second-order valence-corrected chi connectivity index (χ2v) is 16.4. The van der Waals surface area contributed by atoms with Crippen molar-refractivity contribution in [3.8, 4) is 84.4 Å². The Morgan fingerprint density at radius 2 is 0.785 bits per heavy atom. The molecule has 304 valence electrons. The van der Waals surface area contributed by atoms with Crippen LogP contribution in [0.2, 0.25) is 0 Å². The van der Waals surface area contributed by atoms with Crippen LogP contribution in [0.5, 0.6) is 0 Å². The van der Waals surface area contributed by atoms with Gasteiger partial charge in [-0.3, -0.25) is 4.57 Å². The molecule has 0 N–H and O–H groups in total. The summed E-state index contributed by atoms with van der Waals surface area (Å²) in [5.41, 5.74) is 15.6. The van der Waals surface area contributed by atoms with Gasteiger partial charge in [-0.1, -0.05) is 188 Å². The van der Waals surface area contributed by atoms with E-state index in [-0.39, 0.29) is 0 Å². The van der Waals surface area contributed by atoms with Gasteiger partial charge in [0.25, 0.3) is 0 Å². The number of aromatic nitrogens is 4. The molecule has 0 aliphatic heterocycles. The molecule has 0 amide bonds. The van der Waals surface area contributed by atoms with Gasteiger partial charge >= 0.3 is 0 Å². The fraction of sp³-hybridized carbons (Fsp3) is 0. The lowest BCUT2D eigenvalue weighted by Gasteiger charge is -2.16. The lowest BCUT2D eigenvalue weighted by atomic mass is 9.90. The van der Waals surface area contributed by atoms with E-state index >= 15 is 0 Å². The number of nitrogens with zero attached hydrogens (tertiary/aromatic N) is 4. The molecule has 0 unspecified atom stereocenters. The Morgan fingerprint density at radius 3 is 1.51 bits per heavy atom. The van der Waals surface area contributed by atoms with E-state index in [1.807, 2.05) is 24.3 Å². The molecule has 0 saturated heterocycles. The maximum absolute atomic E-state index is 5.37. The number of fused-ring (bicyclic) bond motifs is 4. The molecule has 12 rings (SSSR count). The summed E-state index contributed by atoms with van der Waals surface area (Å²) in [5, 5.41) is 4.86. The summed E-state index contributed by atoms with van der Waals surface area (Å²) in [5.74, 6) is 1.56. The average molecular weight is 829 g/mol. The van der Waals surface area contributed by atoms with Crippen LogP contribution >= 0.6 is 0 Å². The van der Waals surface area contributed by atoms with Crippen molar-refractivity contribution in [2.24, 2.45) is 0 Å². The molecule has 0 bridgehead atoms. The minimum Gasteiger partial charge on any atom is -0.292 e. The molecule has 4 nitrogen and oxygen atoms in total. The van der Waals surface area contributed by atoms with Crippen molar-refractivity contribution in [1.29, 1.82) is 0 Å². The van der Waals surface area contributed by atoms with Crippen molar-refractivity contribution >= 4 is 32.6 Å². The Morgan fingerprint density at radius 1 is 0.292 bits per heavy atom. The monoisotopic (exact) mass is 828 g/mol. The largest absolute Gasteiger partial charge is 0.292 e. The van der Waals surface area contributed by atoms with Crippen molar-refractivity contribution in [2.45, 2.75) is 0 Å². The van der Waals surface area contributed by atoms with Crippen LogP contribution in [0, 0.1) is 0 Å². The molecule has 0 atom stereocenters. The molecular formula is C61H40N4. The zero-order valence-corrected chi connectivity index (χ0v) is 35.4. The standard InChI is InChI=1S/C61H40N4/c1-4-16-41(17-5-1)42-28-32-45(33-29-42)58-40-57(44-18-6-2-7-19-44)62-60(63-58)50-37-48(36-49(38-50)55-39-47-20-10-11-23-52(47)53-24-12-13-25-54(53)55)43-30-34-46(35-31-43)61-64-56-26-14-15-27-59(56)65(61)51-21-8-3-9-22-51/h1-40H. The quantitative estimate of drug-likeness (QED) is 0.143. The zero-order chi connectivity index (χ0) is 43.1. The molecular weight excluding hydrogens is 789 g/mol. The lowest BCUT2D eigenvalue weighted by Crippen LogP contribution is -1.98. The zero-order valence-electron chi connectivity index (χ0n) is 35.4. The number of rotatable bonds is 8. The molecule has 4 heteroatoms. The fourth-order valence-corrected chi connectivity index (χ4v) is 9.19. The molecule has 0 spiro atoms. The third-order valence-corrected chi connectivity index (χ3v) is 12.4. The van der Waals surface area contributed by atoms with Gasteiger partial charge in [0.05, 0.1) is 22.4 Å². The lowest BCUT2D eigenvalue weighted by molar-refractivity contribution is 1.10. The van der Waals surface area contributed by atoms with Crippen molar-refractivity contribution in [2.75, 3.05) is 0 Å². The van der Waals surface area contributed by atoms with Crippen molar-refractivity contribution in [3.63, 3.8) is 0 Å². The molecule has 10 aromatic carbocycles. The predicted molar refractivity (Wildman–Crippen MR) is 270 cm³/mol. The van der Waals surface area contributed by atoms with E-state index in [0.717, 1.165) is 84.0 Å². The molecule has 12 aromatic rings. The van der Waals surface area contributed by atoms with E-state index < -0.39 is 0 Å². The average Bonchev–Trinajstić information content (AvgIpc) is 3.79. The summed E-state index contributed by atoms with van der Waals surface area (Å²) >= 11 is 0. The second kappa shape index (κ2) is 16.2. The summed E-state index contributed by atoms with van der Waals surface area (Å²) in [6, 6.07) is 85.9. The van der Waals surface area contributed by atoms with Crippen LogP contribution in [0.1, 0.15) is 0 Å². The second-order valence-electron chi connectivity index (χ2n) is 16.4. The topological polar surface area (TPSA) is 43.6 Å². The third kappa shape index (κ3) is 7.13. The van der Waals surface area contributed by atoms with Gasteiger partial charge in [-0.2, -0.15) is 0 Å². The van der Waals surface area contributed by atoms with Crippen LogP contribution in [0.3, 0.4) is 0 Å². The first-order valence-corrected chi connectivity index (χ1v) is 22.0. The third-order valence-electron chi connectivity index (χ3n) is 12.4. The normalized spacial score (nSPS) is 11.4. The Kier molecular flexibility index (Phi) is 9.46. The first-order valence-electron chi connectivity index (χ1n) is 22.0. The Hall–Kier alpha value is -8.73. The van der Waals surface area contributed by atoms with Crippen molar-refractivity contribution < 1.29 is 0 Å². The Labute approximate surface area is 377 Å². The van der Waals surface area contributed by atoms with Crippen LogP contribution in [-0.4, -0.2) is 19.5 Å². The SMILES string of the molecule is c1ccc(-c2ccc(-c3cc(-c4ccccc4)nc(-c4cc(-c5ccc(-c6nc7ccccc7n6-c6ccccc6)cc5)cc(-c5cc6ccccc6c6ccccc56)c4)n3)cc2)cc1. The minimum absolute atomic E-state index is 0.662. The highest BCUT2D eigenvalue weighted by Gasteiger charge is 2.18. The van der Waals surface area contributed by atoms with Crippen molar-refractivity contribution in [1.82, 2.24) is 19.5 Å². The predicted octanol–water partition coefficient (Wildman–Crippen LogP) is 15.8. The van der Waals surface area contributed by atoms with Crippen LogP contribution in [0.25, 0.3) is 117 Å². The van der Waals surface area contributed by atoms with E-state index in [2.05, 4.69) is 223 Å². The molecule has 65 heavy (non-hydrogen) atoms. The summed E-state index contributed by atoms with van der Waals surface area (Å²) in [4.78, 5) is 15.9. The van der Waals surface area contributed by atoms with Crippen molar-refractivity contribution in [3.05, 3.63) is 243 Å². The first kappa shape index (κ1) is 38.0. The highest BCUT2D eigenvalue weighted by molar-refractivity contribution is 6.14. The molecule has 2 heterocycles. The fourth-order valence-electron chi connectivity index (χ4n) is 9.19. The van der Waals surface area contributed by atoms with Gasteiger partial charge in [-0.15, -0.1) is 0 Å². The van der Waals surface area contributed by atoms with Gasteiger partial charge in [0.2, 0.25) is 0 Å². The maximum Gasteiger partial charge on any atom is 0.160 e. The summed E-state index contributed by atoms with van der Waals surface area (Å²) < 4.78 is 2.25. The highest BCUT2D eigenvalue weighted by Crippen LogP contribution is 2.40. The molecule has 0 radical (unpaired) electrons. The molecule has 0 aliphatic rings. The van der Waals surface area contributed by atoms with Gasteiger partial charge in [0.15, 0.2) is 5.82 Å². The molecule has 2 aromatic heterocycles. The van der Waals surface area contributed by atoms with Gasteiger partial charge in [0.1, 0.15) is 5.82 Å². The number of imidazole rings is 1. The number of hydrogen-bond acceptors (Lipinski definition) is 3. The number of para-hydroxylation sites is 3. The van der Waals surface area contributed by atoms with Gasteiger partial charge in [0, 0.05) is 27.9 Å². The summed E-state index contributed by atoms with van der Waals surface area (Å²) in [6.07, 6.45) is 0. The van der Waals surface area contributed by atoms with E-state index in [9.17, 15) is 0 Å².